The Kier molecular flexibility index (Phi) is 4.27. The number of methoxy groups -OCH3 is 1. The summed E-state index contributed by atoms with van der Waals surface area (Å²) >= 11 is 0. The van der Waals surface area contributed by atoms with Gasteiger partial charge in [-0.25, -0.2) is 4.79 Å². The van der Waals surface area contributed by atoms with Gasteiger partial charge in [-0.15, -0.1) is 0 Å². The first kappa shape index (κ1) is 14.8. The van der Waals surface area contributed by atoms with Crippen LogP contribution in [0.15, 0.2) is 18.2 Å². The van der Waals surface area contributed by atoms with Gasteiger partial charge in [0.15, 0.2) is 0 Å². The zero-order valence-electron chi connectivity index (χ0n) is 13.0. The summed E-state index contributed by atoms with van der Waals surface area (Å²) in [5.41, 5.74) is 7.89. The number of nitrogens with two attached hydrogens (primary N) is 1. The smallest absolute Gasteiger partial charge is 0.410 e. The Morgan fingerprint density at radius 2 is 2.05 bits per heavy atom. The molecule has 0 bridgehead atoms. The molecule has 3 rings (SSSR count). The number of hydrogen-bond donors (Lipinski definition) is 1. The number of benzene rings is 1. The molecule has 1 aromatic carbocycles. The van der Waals surface area contributed by atoms with E-state index in [-0.39, 0.29) is 12.1 Å². The number of nitrogen functional groups attached to an aromatic ring is 1. The van der Waals surface area contributed by atoms with Crippen molar-refractivity contribution in [1.82, 2.24) is 4.90 Å². The molecule has 1 aromatic rings. The van der Waals surface area contributed by atoms with Gasteiger partial charge in [-0.1, -0.05) is 0 Å². The lowest BCUT2D eigenvalue weighted by molar-refractivity contribution is 0.0499. The number of cyclic esters (lactones) is 1. The van der Waals surface area contributed by atoms with Gasteiger partial charge in [-0.3, -0.25) is 0 Å². The van der Waals surface area contributed by atoms with Crippen LogP contribution in [0.2, 0.25) is 0 Å². The van der Waals surface area contributed by atoms with Crippen molar-refractivity contribution in [3.05, 3.63) is 18.2 Å². The van der Waals surface area contributed by atoms with Gasteiger partial charge in [0.25, 0.3) is 0 Å². The Morgan fingerprint density at radius 1 is 1.27 bits per heavy atom. The Bertz CT molecular complexity index is 541. The summed E-state index contributed by atoms with van der Waals surface area (Å²) < 4.78 is 10.3. The molecule has 0 saturated carbocycles. The maximum absolute atomic E-state index is 11.8. The molecule has 0 atom stereocenters. The first-order valence-corrected chi connectivity index (χ1v) is 7.81. The molecule has 0 aliphatic carbocycles. The summed E-state index contributed by atoms with van der Waals surface area (Å²) in [6.07, 6.45) is 2.66. The van der Waals surface area contributed by atoms with Crippen molar-refractivity contribution >= 4 is 17.5 Å². The molecule has 2 fully saturated rings. The second-order valence-electron chi connectivity index (χ2n) is 5.80. The van der Waals surface area contributed by atoms with Crippen LogP contribution < -0.4 is 15.4 Å². The van der Waals surface area contributed by atoms with Crippen molar-refractivity contribution < 1.29 is 14.3 Å². The molecule has 1 amide bonds. The molecule has 2 saturated heterocycles. The van der Waals surface area contributed by atoms with Gasteiger partial charge >= 0.3 is 6.09 Å². The number of amides is 1. The van der Waals surface area contributed by atoms with E-state index in [9.17, 15) is 4.79 Å². The van der Waals surface area contributed by atoms with Crippen LogP contribution in [-0.2, 0) is 4.74 Å². The molecule has 0 radical (unpaired) electrons. The highest BCUT2D eigenvalue weighted by Gasteiger charge is 2.31. The number of piperidine rings is 1. The van der Waals surface area contributed by atoms with E-state index in [4.69, 9.17) is 15.2 Å². The van der Waals surface area contributed by atoms with Crippen molar-refractivity contribution in [3.8, 4) is 5.75 Å². The molecule has 6 heteroatoms. The van der Waals surface area contributed by atoms with E-state index < -0.39 is 0 Å². The largest absolute Gasteiger partial charge is 0.497 e. The van der Waals surface area contributed by atoms with Crippen LogP contribution in [0.3, 0.4) is 0 Å². The molecular weight excluding hydrogens is 282 g/mol. The van der Waals surface area contributed by atoms with Crippen LogP contribution in [0.25, 0.3) is 0 Å². The second-order valence-corrected chi connectivity index (χ2v) is 5.80. The number of anilines is 2. The second kappa shape index (κ2) is 6.34. The predicted molar refractivity (Wildman–Crippen MR) is 85.3 cm³/mol. The Labute approximate surface area is 130 Å². The fourth-order valence-corrected chi connectivity index (χ4v) is 3.27. The van der Waals surface area contributed by atoms with E-state index in [1.165, 1.54) is 0 Å². The zero-order chi connectivity index (χ0) is 15.5. The number of nitrogens with zero attached hydrogens (tertiary/aromatic N) is 2. The standard InChI is InChI=1S/C16H23N3O3/c1-21-13-3-4-15(14(17)11-13)18-8-5-12(6-9-18)19-7-2-10-22-16(19)20/h3-4,11-12H,2,5-10,17H2,1H3. The van der Waals surface area contributed by atoms with Gasteiger partial charge in [0.2, 0.25) is 0 Å². The van der Waals surface area contributed by atoms with E-state index in [1.807, 2.05) is 23.1 Å². The Balaban J connectivity index is 1.63. The van der Waals surface area contributed by atoms with Crippen LogP contribution in [0.5, 0.6) is 5.75 Å². The van der Waals surface area contributed by atoms with Gasteiger partial charge in [0, 0.05) is 31.7 Å². The van der Waals surface area contributed by atoms with E-state index in [0.717, 1.165) is 56.0 Å². The zero-order valence-corrected chi connectivity index (χ0v) is 13.0. The third kappa shape index (κ3) is 2.91. The summed E-state index contributed by atoms with van der Waals surface area (Å²) in [6, 6.07) is 6.07. The average molecular weight is 305 g/mol. The van der Waals surface area contributed by atoms with Crippen molar-refractivity contribution in [1.29, 1.82) is 0 Å². The molecule has 2 aliphatic heterocycles. The number of hydrogen-bond acceptors (Lipinski definition) is 5. The lowest BCUT2D eigenvalue weighted by Crippen LogP contribution is -2.50. The summed E-state index contributed by atoms with van der Waals surface area (Å²) in [4.78, 5) is 16.0. The molecule has 0 unspecified atom stereocenters. The van der Waals surface area contributed by atoms with Gasteiger partial charge in [0.1, 0.15) is 5.75 Å². The van der Waals surface area contributed by atoms with E-state index in [2.05, 4.69) is 4.90 Å². The first-order chi connectivity index (χ1) is 10.7. The van der Waals surface area contributed by atoms with Crippen LogP contribution >= 0.6 is 0 Å². The minimum absolute atomic E-state index is 0.159. The third-order valence-corrected chi connectivity index (χ3v) is 4.48. The lowest BCUT2D eigenvalue weighted by Gasteiger charge is -2.40. The molecule has 2 N–H and O–H groups in total. The normalized spacial score (nSPS) is 20.0. The monoisotopic (exact) mass is 305 g/mol. The molecule has 0 aromatic heterocycles. The van der Waals surface area contributed by atoms with Crippen molar-refractivity contribution in [2.45, 2.75) is 25.3 Å². The highest BCUT2D eigenvalue weighted by atomic mass is 16.6. The Hall–Kier alpha value is -2.11. The van der Waals surface area contributed by atoms with Crippen LogP contribution in [0.4, 0.5) is 16.2 Å². The molecule has 120 valence electrons. The average Bonchev–Trinajstić information content (AvgIpc) is 2.55. The summed E-state index contributed by atoms with van der Waals surface area (Å²) in [5, 5.41) is 0. The van der Waals surface area contributed by atoms with Crippen molar-refractivity contribution in [3.63, 3.8) is 0 Å². The Morgan fingerprint density at radius 3 is 2.68 bits per heavy atom. The van der Waals surface area contributed by atoms with Crippen LogP contribution in [0, 0.1) is 0 Å². The van der Waals surface area contributed by atoms with Crippen molar-refractivity contribution in [2.24, 2.45) is 0 Å². The number of carbonyl (C=O) groups is 1. The maximum Gasteiger partial charge on any atom is 0.410 e. The number of carbonyl (C=O) groups excluding carboxylic acids is 1. The van der Waals surface area contributed by atoms with Crippen molar-refractivity contribution in [2.75, 3.05) is 44.0 Å². The SMILES string of the molecule is COc1ccc(N2CCC(N3CCCOC3=O)CC2)c(N)c1. The quantitative estimate of drug-likeness (QED) is 0.866. The van der Waals surface area contributed by atoms with Crippen LogP contribution in [0.1, 0.15) is 19.3 Å². The first-order valence-electron chi connectivity index (χ1n) is 7.81. The van der Waals surface area contributed by atoms with Crippen LogP contribution in [-0.4, -0.2) is 50.4 Å². The maximum atomic E-state index is 11.8. The van der Waals surface area contributed by atoms with E-state index in [1.54, 1.807) is 7.11 Å². The van der Waals surface area contributed by atoms with Gasteiger partial charge in [-0.2, -0.15) is 0 Å². The minimum atomic E-state index is -0.159. The predicted octanol–water partition coefficient (Wildman–Crippen LogP) is 2.09. The fraction of sp³-hybridized carbons (Fsp3) is 0.562. The van der Waals surface area contributed by atoms with Gasteiger partial charge in [0.05, 0.1) is 25.1 Å². The number of rotatable bonds is 3. The van der Waals surface area contributed by atoms with Gasteiger partial charge < -0.3 is 25.0 Å². The third-order valence-electron chi connectivity index (χ3n) is 4.48. The minimum Gasteiger partial charge on any atom is -0.497 e. The topological polar surface area (TPSA) is 68.0 Å². The summed E-state index contributed by atoms with van der Waals surface area (Å²) in [6.45, 7) is 3.15. The highest BCUT2D eigenvalue weighted by Crippen LogP contribution is 2.31. The highest BCUT2D eigenvalue weighted by molar-refractivity contribution is 5.70. The van der Waals surface area contributed by atoms with Gasteiger partial charge in [-0.05, 0) is 31.4 Å². The lowest BCUT2D eigenvalue weighted by atomic mass is 10.0. The molecule has 6 nitrogen and oxygen atoms in total. The fourth-order valence-electron chi connectivity index (χ4n) is 3.27. The summed E-state index contributed by atoms with van der Waals surface area (Å²) in [7, 11) is 1.64. The molecular formula is C16H23N3O3. The molecule has 2 aliphatic rings. The summed E-state index contributed by atoms with van der Waals surface area (Å²) in [5.74, 6) is 0.771. The van der Waals surface area contributed by atoms with E-state index in [0.29, 0.717) is 6.61 Å². The molecule has 0 spiro atoms. The van der Waals surface area contributed by atoms with E-state index >= 15 is 0 Å². The number of ether oxygens (including phenoxy) is 2. The molecule has 22 heavy (non-hydrogen) atoms. The molecule has 2 heterocycles.